The van der Waals surface area contributed by atoms with Crippen molar-refractivity contribution in [2.45, 2.75) is 0 Å². The van der Waals surface area contributed by atoms with Gasteiger partial charge in [0.25, 0.3) is 5.91 Å². The molecule has 0 atom stereocenters. The highest BCUT2D eigenvalue weighted by atomic mass is 16.2. The van der Waals surface area contributed by atoms with E-state index < -0.39 is 0 Å². The van der Waals surface area contributed by atoms with Crippen LogP contribution in [0, 0.1) is 0 Å². The van der Waals surface area contributed by atoms with Gasteiger partial charge in [-0.25, -0.2) is 4.98 Å². The Kier molecular flexibility index (Phi) is 3.54. The molecule has 0 unspecified atom stereocenters. The third-order valence-electron chi connectivity index (χ3n) is 3.37. The maximum atomic E-state index is 12.3. The number of pyridine rings is 1. The van der Waals surface area contributed by atoms with E-state index in [1.54, 1.807) is 43.1 Å². The number of piperazine rings is 1. The highest BCUT2D eigenvalue weighted by molar-refractivity contribution is 5.94. The molecule has 3 rings (SSSR count). The largest absolute Gasteiger partial charge is 0.352 e. The van der Waals surface area contributed by atoms with Crippen molar-refractivity contribution < 1.29 is 4.79 Å². The average molecular weight is 269 g/mol. The molecule has 2 aromatic rings. The topological polar surface area (TPSA) is 62.2 Å². The lowest BCUT2D eigenvalue weighted by molar-refractivity contribution is 0.0746. The highest BCUT2D eigenvalue weighted by Crippen LogP contribution is 2.13. The van der Waals surface area contributed by atoms with Crippen molar-refractivity contribution in [3.63, 3.8) is 0 Å². The van der Waals surface area contributed by atoms with E-state index in [0.717, 1.165) is 18.9 Å². The molecule has 1 amide bonds. The molecule has 0 spiro atoms. The van der Waals surface area contributed by atoms with Gasteiger partial charge in [-0.1, -0.05) is 0 Å². The smallest absolute Gasteiger partial charge is 0.254 e. The summed E-state index contributed by atoms with van der Waals surface area (Å²) in [4.78, 5) is 28.6. The van der Waals surface area contributed by atoms with Crippen LogP contribution < -0.4 is 4.90 Å². The normalized spacial score (nSPS) is 15.2. The molecule has 0 saturated carbocycles. The monoisotopic (exact) mass is 269 g/mol. The second-order valence-electron chi connectivity index (χ2n) is 4.58. The lowest BCUT2D eigenvalue weighted by Gasteiger charge is -2.35. The molecule has 0 radical (unpaired) electrons. The second-order valence-corrected chi connectivity index (χ2v) is 4.58. The predicted molar refractivity (Wildman–Crippen MR) is 74.4 cm³/mol. The Hall–Kier alpha value is -2.50. The lowest BCUT2D eigenvalue weighted by Crippen LogP contribution is -2.49. The zero-order chi connectivity index (χ0) is 13.8. The van der Waals surface area contributed by atoms with Crippen LogP contribution >= 0.6 is 0 Å². The van der Waals surface area contributed by atoms with Gasteiger partial charge in [0.1, 0.15) is 5.82 Å². The molecule has 6 heteroatoms. The number of carbonyl (C=O) groups excluding carboxylic acids is 1. The SMILES string of the molecule is O=C(c1ccncc1)N1CCN(c2cnccn2)CC1. The molecule has 0 N–H and O–H groups in total. The first kappa shape index (κ1) is 12.5. The van der Waals surface area contributed by atoms with E-state index in [1.807, 2.05) is 4.90 Å². The predicted octanol–water partition coefficient (Wildman–Crippen LogP) is 0.834. The van der Waals surface area contributed by atoms with Crippen LogP contribution in [-0.4, -0.2) is 51.9 Å². The first-order valence-electron chi connectivity index (χ1n) is 6.55. The highest BCUT2D eigenvalue weighted by Gasteiger charge is 2.22. The lowest BCUT2D eigenvalue weighted by atomic mass is 10.2. The molecular formula is C14H15N5O. The summed E-state index contributed by atoms with van der Waals surface area (Å²) >= 11 is 0. The standard InChI is InChI=1S/C14H15N5O/c20-14(12-1-3-15-4-2-12)19-9-7-18(8-10-19)13-11-16-5-6-17-13/h1-6,11H,7-10H2. The van der Waals surface area contributed by atoms with E-state index in [0.29, 0.717) is 18.7 Å². The Bertz CT molecular complexity index is 567. The molecule has 6 nitrogen and oxygen atoms in total. The Balaban J connectivity index is 1.63. The van der Waals surface area contributed by atoms with Gasteiger partial charge in [-0.3, -0.25) is 14.8 Å². The molecule has 1 aliphatic heterocycles. The molecule has 0 aliphatic carbocycles. The van der Waals surface area contributed by atoms with Gasteiger partial charge in [0.05, 0.1) is 6.20 Å². The van der Waals surface area contributed by atoms with E-state index in [4.69, 9.17) is 0 Å². The minimum Gasteiger partial charge on any atom is -0.352 e. The van der Waals surface area contributed by atoms with Crippen LogP contribution in [0.25, 0.3) is 0 Å². The Morgan fingerprint density at radius 3 is 2.35 bits per heavy atom. The van der Waals surface area contributed by atoms with E-state index >= 15 is 0 Å². The number of rotatable bonds is 2. The second kappa shape index (κ2) is 5.64. The van der Waals surface area contributed by atoms with Crippen LogP contribution in [0.1, 0.15) is 10.4 Å². The van der Waals surface area contributed by atoms with E-state index in [2.05, 4.69) is 19.9 Å². The zero-order valence-corrected chi connectivity index (χ0v) is 11.0. The van der Waals surface area contributed by atoms with Gasteiger partial charge in [0, 0.05) is 56.5 Å². The number of anilines is 1. The maximum absolute atomic E-state index is 12.3. The molecular weight excluding hydrogens is 254 g/mol. The summed E-state index contributed by atoms with van der Waals surface area (Å²) in [5.74, 6) is 0.926. The van der Waals surface area contributed by atoms with Crippen molar-refractivity contribution in [1.82, 2.24) is 19.9 Å². The Morgan fingerprint density at radius 2 is 1.70 bits per heavy atom. The Morgan fingerprint density at radius 1 is 0.950 bits per heavy atom. The van der Waals surface area contributed by atoms with Gasteiger partial charge in [0.15, 0.2) is 0 Å². The summed E-state index contributed by atoms with van der Waals surface area (Å²) in [6, 6.07) is 3.49. The fourth-order valence-corrected chi connectivity index (χ4v) is 2.27. The van der Waals surface area contributed by atoms with E-state index in [9.17, 15) is 4.79 Å². The third kappa shape index (κ3) is 2.59. The molecule has 1 fully saturated rings. The van der Waals surface area contributed by atoms with Crippen molar-refractivity contribution in [1.29, 1.82) is 0 Å². The van der Waals surface area contributed by atoms with Crippen LogP contribution in [0.5, 0.6) is 0 Å². The summed E-state index contributed by atoms with van der Waals surface area (Å²) in [5, 5.41) is 0. The molecule has 20 heavy (non-hydrogen) atoms. The summed E-state index contributed by atoms with van der Waals surface area (Å²) < 4.78 is 0. The number of amides is 1. The summed E-state index contributed by atoms with van der Waals surface area (Å²) in [6.45, 7) is 2.93. The van der Waals surface area contributed by atoms with Gasteiger partial charge >= 0.3 is 0 Å². The minimum atomic E-state index is 0.0613. The van der Waals surface area contributed by atoms with Gasteiger partial charge in [-0.05, 0) is 12.1 Å². The average Bonchev–Trinajstić information content (AvgIpc) is 2.56. The van der Waals surface area contributed by atoms with Crippen LogP contribution in [0.4, 0.5) is 5.82 Å². The van der Waals surface area contributed by atoms with E-state index in [1.165, 1.54) is 0 Å². The van der Waals surface area contributed by atoms with Crippen LogP contribution in [-0.2, 0) is 0 Å². The van der Waals surface area contributed by atoms with Crippen molar-refractivity contribution in [2.75, 3.05) is 31.1 Å². The first-order chi connectivity index (χ1) is 9.84. The van der Waals surface area contributed by atoms with Crippen LogP contribution in [0.15, 0.2) is 43.1 Å². The van der Waals surface area contributed by atoms with Crippen molar-refractivity contribution >= 4 is 11.7 Å². The summed E-state index contributed by atoms with van der Waals surface area (Å²) in [5.41, 5.74) is 0.688. The molecule has 2 aromatic heterocycles. The molecule has 0 aromatic carbocycles. The molecule has 102 valence electrons. The van der Waals surface area contributed by atoms with Crippen molar-refractivity contribution in [3.8, 4) is 0 Å². The molecule has 1 aliphatic rings. The third-order valence-corrected chi connectivity index (χ3v) is 3.37. The van der Waals surface area contributed by atoms with Crippen molar-refractivity contribution in [3.05, 3.63) is 48.7 Å². The molecule has 3 heterocycles. The number of nitrogens with zero attached hydrogens (tertiary/aromatic N) is 5. The number of carbonyl (C=O) groups is 1. The fourth-order valence-electron chi connectivity index (χ4n) is 2.27. The number of hydrogen-bond donors (Lipinski definition) is 0. The molecule has 0 bridgehead atoms. The van der Waals surface area contributed by atoms with Gasteiger partial charge < -0.3 is 9.80 Å². The Labute approximate surface area is 117 Å². The zero-order valence-electron chi connectivity index (χ0n) is 11.0. The van der Waals surface area contributed by atoms with Crippen molar-refractivity contribution in [2.24, 2.45) is 0 Å². The number of hydrogen-bond acceptors (Lipinski definition) is 5. The fraction of sp³-hybridized carbons (Fsp3) is 0.286. The first-order valence-corrected chi connectivity index (χ1v) is 6.55. The van der Waals surface area contributed by atoms with Gasteiger partial charge in [0.2, 0.25) is 0 Å². The molecule has 1 saturated heterocycles. The minimum absolute atomic E-state index is 0.0613. The van der Waals surface area contributed by atoms with Gasteiger partial charge in [-0.2, -0.15) is 0 Å². The van der Waals surface area contributed by atoms with E-state index in [-0.39, 0.29) is 5.91 Å². The van der Waals surface area contributed by atoms with Gasteiger partial charge in [-0.15, -0.1) is 0 Å². The summed E-state index contributed by atoms with van der Waals surface area (Å²) in [7, 11) is 0. The maximum Gasteiger partial charge on any atom is 0.254 e. The quantitative estimate of drug-likeness (QED) is 0.808. The van der Waals surface area contributed by atoms with Crippen LogP contribution in [0.3, 0.4) is 0 Å². The number of aromatic nitrogens is 3. The van der Waals surface area contributed by atoms with Crippen LogP contribution in [0.2, 0.25) is 0 Å². The summed E-state index contributed by atoms with van der Waals surface area (Å²) in [6.07, 6.45) is 8.38.